The minimum absolute atomic E-state index is 0.166. The zero-order valence-corrected chi connectivity index (χ0v) is 10.4. The molecule has 1 aromatic carbocycles. The van der Waals surface area contributed by atoms with Gasteiger partial charge in [0.15, 0.2) is 0 Å². The predicted octanol–water partition coefficient (Wildman–Crippen LogP) is 2.66. The number of aryl methyl sites for hydroxylation is 1. The van der Waals surface area contributed by atoms with E-state index in [1.165, 1.54) is 0 Å². The van der Waals surface area contributed by atoms with E-state index in [9.17, 15) is 0 Å². The van der Waals surface area contributed by atoms with Gasteiger partial charge in [-0.2, -0.15) is 5.26 Å². The van der Waals surface area contributed by atoms with E-state index >= 15 is 0 Å². The van der Waals surface area contributed by atoms with Crippen LogP contribution >= 0.6 is 11.6 Å². The molecule has 0 amide bonds. The van der Waals surface area contributed by atoms with E-state index in [1.54, 1.807) is 7.11 Å². The molecule has 16 heavy (non-hydrogen) atoms. The molecule has 0 bridgehead atoms. The number of hydrogen-bond donors (Lipinski definition) is 1. The van der Waals surface area contributed by atoms with Gasteiger partial charge in [0.25, 0.3) is 0 Å². The summed E-state index contributed by atoms with van der Waals surface area (Å²) in [5.74, 6) is 0.677. The summed E-state index contributed by atoms with van der Waals surface area (Å²) in [6.07, 6.45) is 0. The molecular weight excluding hydrogens is 224 g/mol. The van der Waals surface area contributed by atoms with E-state index in [0.717, 1.165) is 11.1 Å². The first-order chi connectivity index (χ1) is 7.58. The third kappa shape index (κ3) is 3.13. The van der Waals surface area contributed by atoms with Crippen LogP contribution in [0.3, 0.4) is 0 Å². The second kappa shape index (κ2) is 5.74. The Balaban J connectivity index is 2.82. The Labute approximate surface area is 101 Å². The molecule has 0 saturated heterocycles. The number of nitrogens with zero attached hydrogens (tertiary/aromatic N) is 1. The molecule has 0 aromatic heterocycles. The zero-order valence-electron chi connectivity index (χ0n) is 9.67. The van der Waals surface area contributed by atoms with Crippen LogP contribution in [0, 0.1) is 18.3 Å². The Morgan fingerprint density at radius 2 is 2.25 bits per heavy atom. The lowest BCUT2D eigenvalue weighted by Gasteiger charge is -2.11. The highest BCUT2D eigenvalue weighted by Crippen LogP contribution is 2.27. The molecule has 1 aromatic rings. The summed E-state index contributed by atoms with van der Waals surface area (Å²) in [5, 5.41) is 12.3. The molecule has 0 saturated carbocycles. The van der Waals surface area contributed by atoms with Crippen LogP contribution in [0.25, 0.3) is 0 Å². The average molecular weight is 239 g/mol. The lowest BCUT2D eigenvalue weighted by atomic mass is 10.1. The predicted molar refractivity (Wildman–Crippen MR) is 64.7 cm³/mol. The zero-order chi connectivity index (χ0) is 12.1. The van der Waals surface area contributed by atoms with Crippen LogP contribution in [0.5, 0.6) is 5.75 Å². The first kappa shape index (κ1) is 12.8. The van der Waals surface area contributed by atoms with Crippen molar-refractivity contribution in [3.05, 3.63) is 28.3 Å². The molecule has 1 unspecified atom stereocenters. The highest BCUT2D eigenvalue weighted by Gasteiger charge is 2.07. The quantitative estimate of drug-likeness (QED) is 0.877. The van der Waals surface area contributed by atoms with Crippen LogP contribution in [0.15, 0.2) is 12.1 Å². The molecule has 0 spiro atoms. The van der Waals surface area contributed by atoms with Gasteiger partial charge in [-0.05, 0) is 37.1 Å². The normalized spacial score (nSPS) is 11.9. The topological polar surface area (TPSA) is 45.0 Å². The first-order valence-electron chi connectivity index (χ1n) is 5.04. The summed E-state index contributed by atoms with van der Waals surface area (Å²) < 4.78 is 5.12. The summed E-state index contributed by atoms with van der Waals surface area (Å²) in [7, 11) is 1.59. The number of rotatable bonds is 4. The van der Waals surface area contributed by atoms with Crippen LogP contribution < -0.4 is 10.1 Å². The molecule has 0 heterocycles. The minimum Gasteiger partial charge on any atom is -0.495 e. The van der Waals surface area contributed by atoms with Crippen LogP contribution in [-0.2, 0) is 6.54 Å². The van der Waals surface area contributed by atoms with E-state index in [0.29, 0.717) is 17.3 Å². The van der Waals surface area contributed by atoms with Crippen molar-refractivity contribution in [1.29, 1.82) is 5.26 Å². The van der Waals surface area contributed by atoms with Gasteiger partial charge in [-0.1, -0.05) is 11.6 Å². The number of nitrogens with one attached hydrogen (secondary N) is 1. The van der Waals surface area contributed by atoms with Crippen LogP contribution in [0.2, 0.25) is 5.02 Å². The van der Waals surface area contributed by atoms with Crippen molar-refractivity contribution in [3.63, 3.8) is 0 Å². The van der Waals surface area contributed by atoms with Gasteiger partial charge in [-0.3, -0.25) is 5.32 Å². The molecule has 4 heteroatoms. The van der Waals surface area contributed by atoms with Crippen molar-refractivity contribution in [3.8, 4) is 11.8 Å². The molecule has 0 fully saturated rings. The molecule has 86 valence electrons. The maximum absolute atomic E-state index is 8.66. The fraction of sp³-hybridized carbons (Fsp3) is 0.417. The van der Waals surface area contributed by atoms with Gasteiger partial charge in [0, 0.05) is 6.54 Å². The third-order valence-electron chi connectivity index (χ3n) is 2.40. The average Bonchev–Trinajstić information content (AvgIpc) is 2.29. The largest absolute Gasteiger partial charge is 0.495 e. The molecular formula is C12H15ClN2O. The van der Waals surface area contributed by atoms with Crippen LogP contribution in [0.4, 0.5) is 0 Å². The number of hydrogen-bond acceptors (Lipinski definition) is 3. The summed E-state index contributed by atoms with van der Waals surface area (Å²) >= 11 is 6.03. The molecule has 0 radical (unpaired) electrons. The van der Waals surface area contributed by atoms with E-state index in [1.807, 2.05) is 26.0 Å². The van der Waals surface area contributed by atoms with Crippen LogP contribution in [0.1, 0.15) is 18.1 Å². The van der Waals surface area contributed by atoms with Gasteiger partial charge in [-0.15, -0.1) is 0 Å². The molecule has 3 nitrogen and oxygen atoms in total. The van der Waals surface area contributed by atoms with Crippen LogP contribution in [-0.4, -0.2) is 13.2 Å². The highest BCUT2D eigenvalue weighted by atomic mass is 35.5. The third-order valence-corrected chi connectivity index (χ3v) is 2.70. The fourth-order valence-electron chi connectivity index (χ4n) is 1.35. The molecule has 1 rings (SSSR count). The van der Waals surface area contributed by atoms with Crippen molar-refractivity contribution < 1.29 is 4.74 Å². The number of halogens is 1. The lowest BCUT2D eigenvalue weighted by molar-refractivity contribution is 0.414. The fourth-order valence-corrected chi connectivity index (χ4v) is 1.62. The monoisotopic (exact) mass is 238 g/mol. The Morgan fingerprint density at radius 3 is 2.81 bits per heavy atom. The Bertz CT molecular complexity index is 412. The van der Waals surface area contributed by atoms with E-state index in [-0.39, 0.29) is 6.04 Å². The lowest BCUT2D eigenvalue weighted by Crippen LogP contribution is -2.23. The number of methoxy groups -OCH3 is 1. The Hall–Kier alpha value is -1.24. The highest BCUT2D eigenvalue weighted by molar-refractivity contribution is 6.32. The van der Waals surface area contributed by atoms with Gasteiger partial charge < -0.3 is 4.74 Å². The first-order valence-corrected chi connectivity index (χ1v) is 5.42. The van der Waals surface area contributed by atoms with Crippen molar-refractivity contribution in [2.45, 2.75) is 26.4 Å². The second-order valence-electron chi connectivity index (χ2n) is 3.64. The summed E-state index contributed by atoms with van der Waals surface area (Å²) in [6, 6.07) is 5.72. The van der Waals surface area contributed by atoms with Gasteiger partial charge in [-0.25, -0.2) is 0 Å². The molecule has 0 aliphatic carbocycles. The number of nitriles is 1. The van der Waals surface area contributed by atoms with Crippen molar-refractivity contribution in [2.75, 3.05) is 7.11 Å². The molecule has 1 atom stereocenters. The van der Waals surface area contributed by atoms with Gasteiger partial charge in [0.2, 0.25) is 0 Å². The Kier molecular flexibility index (Phi) is 4.60. The summed E-state index contributed by atoms with van der Waals surface area (Å²) in [4.78, 5) is 0. The molecule has 0 aliphatic rings. The van der Waals surface area contributed by atoms with Crippen molar-refractivity contribution in [1.82, 2.24) is 5.32 Å². The number of benzene rings is 1. The standard InChI is InChI=1S/C12H15ClN2O/c1-8-4-12(16-3)11(13)5-10(8)7-15-9(2)6-14/h4-5,9,15H,7H2,1-3H3. The second-order valence-corrected chi connectivity index (χ2v) is 4.05. The SMILES string of the molecule is COc1cc(C)c(CNC(C)C#N)cc1Cl. The van der Waals surface area contributed by atoms with Gasteiger partial charge >= 0.3 is 0 Å². The van der Waals surface area contributed by atoms with E-state index in [2.05, 4.69) is 11.4 Å². The molecule has 1 N–H and O–H groups in total. The summed E-state index contributed by atoms with van der Waals surface area (Å²) in [6.45, 7) is 4.44. The van der Waals surface area contributed by atoms with E-state index < -0.39 is 0 Å². The minimum atomic E-state index is -0.166. The van der Waals surface area contributed by atoms with Crippen molar-refractivity contribution in [2.24, 2.45) is 0 Å². The maximum Gasteiger partial charge on any atom is 0.137 e. The smallest absolute Gasteiger partial charge is 0.137 e. The van der Waals surface area contributed by atoms with Gasteiger partial charge in [0.05, 0.1) is 24.2 Å². The molecule has 0 aliphatic heterocycles. The van der Waals surface area contributed by atoms with E-state index in [4.69, 9.17) is 21.6 Å². The van der Waals surface area contributed by atoms with Gasteiger partial charge in [0.1, 0.15) is 5.75 Å². The number of ether oxygens (including phenoxy) is 1. The summed E-state index contributed by atoms with van der Waals surface area (Å²) in [5.41, 5.74) is 2.17. The Morgan fingerprint density at radius 1 is 1.56 bits per heavy atom. The van der Waals surface area contributed by atoms with Crippen molar-refractivity contribution >= 4 is 11.6 Å². The maximum atomic E-state index is 8.66.